The van der Waals surface area contributed by atoms with E-state index in [0.29, 0.717) is 29.6 Å². The Labute approximate surface area is 163 Å². The monoisotopic (exact) mass is 381 g/mol. The van der Waals surface area contributed by atoms with Gasteiger partial charge in [-0.25, -0.2) is 0 Å². The summed E-state index contributed by atoms with van der Waals surface area (Å²) in [6.45, 7) is 4.13. The van der Waals surface area contributed by atoms with Crippen LogP contribution in [-0.4, -0.2) is 34.6 Å². The summed E-state index contributed by atoms with van der Waals surface area (Å²) in [6.07, 6.45) is 0.688. The van der Waals surface area contributed by atoms with Crippen LogP contribution in [0.5, 0.6) is 17.2 Å². The first-order valence-corrected chi connectivity index (χ1v) is 9.06. The van der Waals surface area contributed by atoms with Crippen molar-refractivity contribution in [3.8, 4) is 17.2 Å². The van der Waals surface area contributed by atoms with Crippen molar-refractivity contribution in [1.29, 1.82) is 0 Å². The molecular weight excluding hydrogens is 358 g/mol. The Bertz CT molecular complexity index is 904. The number of benzene rings is 2. The van der Waals surface area contributed by atoms with Crippen molar-refractivity contribution in [2.45, 2.75) is 26.8 Å². The van der Waals surface area contributed by atoms with Gasteiger partial charge in [0.2, 0.25) is 5.89 Å². The summed E-state index contributed by atoms with van der Waals surface area (Å²) in [7, 11) is 1.67. The van der Waals surface area contributed by atoms with E-state index in [1.807, 2.05) is 38.1 Å². The SMILES string of the molecule is CCc1noc(CN(C)C(=O)COc2ccc(Oc3ccc(C)cc3)cc2)n1. The third kappa shape index (κ3) is 5.33. The van der Waals surface area contributed by atoms with E-state index in [-0.39, 0.29) is 19.1 Å². The number of hydrogen-bond donors (Lipinski definition) is 0. The molecule has 2 aromatic carbocycles. The zero-order valence-electron chi connectivity index (χ0n) is 16.2. The number of rotatable bonds is 8. The minimum Gasteiger partial charge on any atom is -0.484 e. The Morgan fingerprint density at radius 2 is 1.64 bits per heavy atom. The van der Waals surface area contributed by atoms with Crippen molar-refractivity contribution in [3.63, 3.8) is 0 Å². The molecule has 0 N–H and O–H groups in total. The molecule has 146 valence electrons. The van der Waals surface area contributed by atoms with Gasteiger partial charge in [-0.1, -0.05) is 29.8 Å². The van der Waals surface area contributed by atoms with Gasteiger partial charge in [0.1, 0.15) is 17.2 Å². The number of aryl methyl sites for hydroxylation is 2. The van der Waals surface area contributed by atoms with Crippen LogP contribution in [0.1, 0.15) is 24.2 Å². The summed E-state index contributed by atoms with van der Waals surface area (Å²) in [5, 5.41) is 3.82. The second kappa shape index (κ2) is 9.03. The highest BCUT2D eigenvalue weighted by molar-refractivity contribution is 5.77. The Morgan fingerprint density at radius 3 is 2.25 bits per heavy atom. The topological polar surface area (TPSA) is 77.7 Å². The van der Waals surface area contributed by atoms with Gasteiger partial charge in [0, 0.05) is 13.5 Å². The van der Waals surface area contributed by atoms with Gasteiger partial charge in [0.25, 0.3) is 5.91 Å². The lowest BCUT2D eigenvalue weighted by Gasteiger charge is -2.15. The van der Waals surface area contributed by atoms with E-state index in [0.717, 1.165) is 5.75 Å². The van der Waals surface area contributed by atoms with Gasteiger partial charge < -0.3 is 18.9 Å². The third-order valence-electron chi connectivity index (χ3n) is 4.07. The van der Waals surface area contributed by atoms with Crippen LogP contribution < -0.4 is 9.47 Å². The predicted molar refractivity (Wildman–Crippen MR) is 103 cm³/mol. The first kappa shape index (κ1) is 19.4. The molecular formula is C21H23N3O4. The summed E-state index contributed by atoms with van der Waals surface area (Å²) in [4.78, 5) is 17.9. The minimum absolute atomic E-state index is 0.0799. The molecule has 0 unspecified atom stereocenters. The molecule has 1 aromatic heterocycles. The fourth-order valence-electron chi connectivity index (χ4n) is 2.39. The molecule has 3 rings (SSSR count). The first-order chi connectivity index (χ1) is 13.5. The highest BCUT2D eigenvalue weighted by atomic mass is 16.5. The Morgan fingerprint density at radius 1 is 1.04 bits per heavy atom. The molecule has 0 saturated carbocycles. The summed E-state index contributed by atoms with van der Waals surface area (Å²) >= 11 is 0. The standard InChI is InChI=1S/C21H23N3O4/c1-4-19-22-20(28-23-19)13-24(3)21(25)14-26-16-9-11-18(12-10-16)27-17-7-5-15(2)6-8-17/h5-12H,4,13-14H2,1-3H3. The van der Waals surface area contributed by atoms with Crippen LogP contribution in [0.15, 0.2) is 53.1 Å². The van der Waals surface area contributed by atoms with Gasteiger partial charge in [0.05, 0.1) is 6.54 Å². The Balaban J connectivity index is 1.48. The van der Waals surface area contributed by atoms with E-state index in [4.69, 9.17) is 14.0 Å². The molecule has 0 aliphatic carbocycles. The van der Waals surface area contributed by atoms with Crippen molar-refractivity contribution in [2.75, 3.05) is 13.7 Å². The second-order valence-electron chi connectivity index (χ2n) is 6.38. The molecule has 0 bridgehead atoms. The number of likely N-dealkylation sites (N-methyl/N-ethyl adjacent to an activating group) is 1. The highest BCUT2D eigenvalue weighted by Crippen LogP contribution is 2.24. The number of carbonyl (C=O) groups excluding carboxylic acids is 1. The van der Waals surface area contributed by atoms with E-state index < -0.39 is 0 Å². The van der Waals surface area contributed by atoms with Gasteiger partial charge in [-0.05, 0) is 43.3 Å². The smallest absolute Gasteiger partial charge is 0.260 e. The maximum atomic E-state index is 12.2. The molecule has 0 fully saturated rings. The lowest BCUT2D eigenvalue weighted by atomic mass is 10.2. The average Bonchev–Trinajstić information content (AvgIpc) is 3.16. The molecule has 1 heterocycles. The molecule has 28 heavy (non-hydrogen) atoms. The molecule has 0 spiro atoms. The van der Waals surface area contributed by atoms with Crippen LogP contribution in [0.4, 0.5) is 0 Å². The Hall–Kier alpha value is -3.35. The molecule has 0 aliphatic rings. The maximum Gasteiger partial charge on any atom is 0.260 e. The normalized spacial score (nSPS) is 10.5. The zero-order chi connectivity index (χ0) is 19.9. The van der Waals surface area contributed by atoms with Gasteiger partial charge in [0.15, 0.2) is 12.4 Å². The molecule has 0 saturated heterocycles. The quantitative estimate of drug-likeness (QED) is 0.591. The Kier molecular flexibility index (Phi) is 6.26. The molecule has 0 aliphatic heterocycles. The van der Waals surface area contributed by atoms with Crippen LogP contribution in [-0.2, 0) is 17.8 Å². The van der Waals surface area contributed by atoms with Crippen molar-refractivity contribution in [2.24, 2.45) is 0 Å². The zero-order valence-corrected chi connectivity index (χ0v) is 16.2. The molecule has 3 aromatic rings. The number of hydrogen-bond acceptors (Lipinski definition) is 6. The van der Waals surface area contributed by atoms with Gasteiger partial charge >= 0.3 is 0 Å². The summed E-state index contributed by atoms with van der Waals surface area (Å²) in [5.74, 6) is 2.90. The van der Waals surface area contributed by atoms with Crippen LogP contribution in [0.25, 0.3) is 0 Å². The second-order valence-corrected chi connectivity index (χ2v) is 6.38. The molecule has 0 radical (unpaired) electrons. The van der Waals surface area contributed by atoms with Crippen molar-refractivity contribution < 1.29 is 18.8 Å². The number of carbonyl (C=O) groups is 1. The maximum absolute atomic E-state index is 12.2. The predicted octanol–water partition coefficient (Wildman–Crippen LogP) is 3.77. The molecule has 7 heteroatoms. The van der Waals surface area contributed by atoms with Crippen molar-refractivity contribution >= 4 is 5.91 Å². The molecule has 0 atom stereocenters. The van der Waals surface area contributed by atoms with Gasteiger partial charge in [-0.2, -0.15) is 4.98 Å². The van der Waals surface area contributed by atoms with E-state index in [1.54, 1.807) is 31.3 Å². The van der Waals surface area contributed by atoms with E-state index in [1.165, 1.54) is 10.5 Å². The first-order valence-electron chi connectivity index (χ1n) is 9.06. The highest BCUT2D eigenvalue weighted by Gasteiger charge is 2.14. The molecule has 7 nitrogen and oxygen atoms in total. The lowest BCUT2D eigenvalue weighted by Crippen LogP contribution is -2.31. The van der Waals surface area contributed by atoms with Crippen LogP contribution in [0, 0.1) is 6.92 Å². The summed E-state index contributed by atoms with van der Waals surface area (Å²) in [6, 6.07) is 15.0. The van der Waals surface area contributed by atoms with Crippen molar-refractivity contribution in [3.05, 3.63) is 65.8 Å². The number of nitrogens with zero attached hydrogens (tertiary/aromatic N) is 3. The average molecular weight is 381 g/mol. The molecule has 1 amide bonds. The van der Waals surface area contributed by atoms with Crippen molar-refractivity contribution in [1.82, 2.24) is 15.0 Å². The number of ether oxygens (including phenoxy) is 2. The fourth-order valence-corrected chi connectivity index (χ4v) is 2.39. The van der Waals surface area contributed by atoms with E-state index >= 15 is 0 Å². The summed E-state index contributed by atoms with van der Waals surface area (Å²) in [5.41, 5.74) is 1.18. The van der Waals surface area contributed by atoms with Crippen LogP contribution in [0.3, 0.4) is 0 Å². The van der Waals surface area contributed by atoms with Crippen LogP contribution in [0.2, 0.25) is 0 Å². The lowest BCUT2D eigenvalue weighted by molar-refractivity contribution is -0.132. The van der Waals surface area contributed by atoms with E-state index in [9.17, 15) is 4.79 Å². The number of amides is 1. The summed E-state index contributed by atoms with van der Waals surface area (Å²) < 4.78 is 16.4. The van der Waals surface area contributed by atoms with Crippen LogP contribution >= 0.6 is 0 Å². The number of aromatic nitrogens is 2. The minimum atomic E-state index is -0.184. The van der Waals surface area contributed by atoms with E-state index in [2.05, 4.69) is 10.1 Å². The third-order valence-corrected chi connectivity index (χ3v) is 4.07. The fraction of sp³-hybridized carbons (Fsp3) is 0.286. The van der Waals surface area contributed by atoms with Gasteiger partial charge in [-0.3, -0.25) is 4.79 Å². The largest absolute Gasteiger partial charge is 0.484 e. The van der Waals surface area contributed by atoms with Gasteiger partial charge in [-0.15, -0.1) is 0 Å².